The van der Waals surface area contributed by atoms with Crippen LogP contribution in [0.5, 0.6) is 11.6 Å². The molecule has 4 amide bonds. The summed E-state index contributed by atoms with van der Waals surface area (Å²) in [6, 6.07) is 5.72. The van der Waals surface area contributed by atoms with Gasteiger partial charge in [0, 0.05) is 39.2 Å². The van der Waals surface area contributed by atoms with Gasteiger partial charge in [-0.25, -0.2) is 28.1 Å². The summed E-state index contributed by atoms with van der Waals surface area (Å²) in [4.78, 5) is 55.3. The Balaban J connectivity index is 1.37. The minimum absolute atomic E-state index is 0.0233. The molecule has 2 N–H and O–H groups in total. The van der Waals surface area contributed by atoms with Crippen molar-refractivity contribution in [2.45, 2.75) is 82.4 Å². The van der Waals surface area contributed by atoms with E-state index in [1.54, 1.807) is 45.9 Å². The average Bonchev–Trinajstić information content (AvgIpc) is 4.00. The van der Waals surface area contributed by atoms with Crippen LogP contribution in [0.2, 0.25) is 15.2 Å². The number of anilines is 1. The van der Waals surface area contributed by atoms with Gasteiger partial charge in [-0.15, -0.1) is 6.58 Å². The van der Waals surface area contributed by atoms with Crippen LogP contribution in [0.4, 0.5) is 10.6 Å². The lowest BCUT2D eigenvalue weighted by Gasteiger charge is -2.40. The minimum atomic E-state index is -4.05. The van der Waals surface area contributed by atoms with Gasteiger partial charge in [0.05, 0.1) is 25.1 Å². The number of rotatable bonds is 11. The Labute approximate surface area is 323 Å². The molecule has 6 rings (SSSR count). The van der Waals surface area contributed by atoms with Crippen molar-refractivity contribution in [3.8, 4) is 11.6 Å². The minimum Gasteiger partial charge on any atom is -0.494 e. The van der Waals surface area contributed by atoms with Crippen LogP contribution in [-0.2, 0) is 19.6 Å². The molecular weight excluding hydrogens is 767 g/mol. The first-order valence-electron chi connectivity index (χ1n) is 17.1. The van der Waals surface area contributed by atoms with Crippen molar-refractivity contribution < 1.29 is 32.3 Å². The van der Waals surface area contributed by atoms with E-state index in [-0.39, 0.29) is 34.8 Å². The summed E-state index contributed by atoms with van der Waals surface area (Å²) in [6.07, 6.45) is 3.57. The zero-order valence-electron chi connectivity index (χ0n) is 29.9. The maximum Gasteiger partial charge on any atom is 0.328 e. The highest BCUT2D eigenvalue weighted by Gasteiger charge is 2.68. The van der Waals surface area contributed by atoms with Gasteiger partial charge in [-0.2, -0.15) is 0 Å². The second-order valence-corrected chi connectivity index (χ2v) is 18.1. The number of imide groups is 1. The van der Waals surface area contributed by atoms with Crippen molar-refractivity contribution in [2.24, 2.45) is 11.3 Å². The Kier molecular flexibility index (Phi) is 10.6. The van der Waals surface area contributed by atoms with E-state index >= 15 is 4.79 Å². The van der Waals surface area contributed by atoms with Crippen LogP contribution in [-0.4, -0.2) is 88.7 Å². The molecular formula is C36H41Cl3N6O7S. The first kappa shape index (κ1) is 38.9. The predicted octanol–water partition coefficient (Wildman–Crippen LogP) is 6.47. The van der Waals surface area contributed by atoms with E-state index < -0.39 is 68.2 Å². The average molecular weight is 808 g/mol. The lowest BCUT2D eigenvalue weighted by Crippen LogP contribution is -2.64. The number of carbonyl (C=O) groups excluding carboxylic acids is 3. The summed E-state index contributed by atoms with van der Waals surface area (Å²) in [5.74, 6) is -1.51. The summed E-state index contributed by atoms with van der Waals surface area (Å²) < 4.78 is 40.2. The molecule has 2 aliphatic carbocycles. The van der Waals surface area contributed by atoms with Crippen LogP contribution in [0.1, 0.15) is 53.4 Å². The van der Waals surface area contributed by atoms with Crippen LogP contribution >= 0.6 is 34.8 Å². The molecule has 0 spiro atoms. The van der Waals surface area contributed by atoms with E-state index in [0.29, 0.717) is 35.4 Å². The second-order valence-electron chi connectivity index (χ2n) is 14.8. The number of aromatic nitrogens is 2. The van der Waals surface area contributed by atoms with E-state index in [9.17, 15) is 18.0 Å². The Hall–Kier alpha value is -3.85. The fourth-order valence-electron chi connectivity index (χ4n) is 6.82. The van der Waals surface area contributed by atoms with Crippen molar-refractivity contribution in [1.82, 2.24) is 24.5 Å². The van der Waals surface area contributed by atoms with Crippen molar-refractivity contribution in [3.05, 3.63) is 64.4 Å². The van der Waals surface area contributed by atoms with Crippen LogP contribution in [0.15, 0.2) is 49.2 Å². The molecule has 1 unspecified atom stereocenters. The van der Waals surface area contributed by atoms with Gasteiger partial charge in [-0.3, -0.25) is 14.3 Å². The van der Waals surface area contributed by atoms with Gasteiger partial charge in [0.1, 0.15) is 34.4 Å². The van der Waals surface area contributed by atoms with Crippen LogP contribution in [0, 0.1) is 11.3 Å². The third-order valence-electron chi connectivity index (χ3n) is 9.89. The van der Waals surface area contributed by atoms with Crippen LogP contribution < -0.4 is 19.5 Å². The summed E-state index contributed by atoms with van der Waals surface area (Å²) in [5.41, 5.74) is -2.77. The molecule has 3 aromatic rings. The normalized spacial score (nSPS) is 23.2. The number of carbonyl (C=O) groups is 3. The molecule has 2 aromatic heterocycles. The van der Waals surface area contributed by atoms with Crippen LogP contribution in [0.25, 0.3) is 10.8 Å². The molecule has 1 saturated heterocycles. The van der Waals surface area contributed by atoms with Gasteiger partial charge < -0.3 is 19.7 Å². The molecule has 17 heteroatoms. The van der Waals surface area contributed by atoms with Crippen molar-refractivity contribution in [2.75, 3.05) is 19.0 Å². The predicted molar refractivity (Wildman–Crippen MR) is 203 cm³/mol. The second kappa shape index (κ2) is 14.4. The van der Waals surface area contributed by atoms with Gasteiger partial charge in [-0.05, 0) is 61.9 Å². The number of halogens is 3. The molecule has 5 atom stereocenters. The molecule has 0 bridgehead atoms. The number of methoxy groups -OCH3 is 1. The Bertz CT molecular complexity index is 2070. The summed E-state index contributed by atoms with van der Waals surface area (Å²) in [7, 11) is -2.51. The number of nitrogens with zero attached hydrogens (tertiary/aromatic N) is 4. The number of fused-ring (bicyclic) bond motifs is 1. The molecule has 0 radical (unpaired) electrons. The molecule has 13 nitrogen and oxygen atoms in total. The molecule has 3 aliphatic rings. The molecule has 53 heavy (non-hydrogen) atoms. The number of hydrogen-bond acceptors (Lipinski definition) is 10. The van der Waals surface area contributed by atoms with Crippen LogP contribution in [0.3, 0.4) is 0 Å². The van der Waals surface area contributed by atoms with E-state index in [1.807, 2.05) is 0 Å². The lowest BCUT2D eigenvalue weighted by atomic mass is 9.85. The van der Waals surface area contributed by atoms with Gasteiger partial charge in [0.15, 0.2) is 0 Å². The van der Waals surface area contributed by atoms with E-state index in [0.717, 1.165) is 10.3 Å². The van der Waals surface area contributed by atoms with Gasteiger partial charge >= 0.3 is 6.03 Å². The molecule has 2 saturated carbocycles. The maximum atomic E-state index is 15.0. The lowest BCUT2D eigenvalue weighted by molar-refractivity contribution is -0.141. The summed E-state index contributed by atoms with van der Waals surface area (Å²) in [5, 5.41) is 4.50. The number of nitrogens with one attached hydrogen (secondary N) is 2. The quantitative estimate of drug-likeness (QED) is 0.162. The molecule has 1 aliphatic heterocycles. The standard InChI is InChI=1S/C36H41Cl3N6O7S/c1-7-20-16-36(20,33(47)43-53(49,50)24-9-10-24)45(32(46)30(35(3,4)5)42-29-15-22(38)14-28(39)41-29)34(48)44-18-23(12-19(44)2)52-31-26-13-21(37)8-11-25(26)27(51-6)17-40-31/h7-8,11,13-15,17,19-20,23-24,30H,1,9-10,12,16,18H2,2-6H3,(H,41,42)(H,43,47)/t19?,20-,23-,30+,36-/m1/s1. The van der Waals surface area contributed by atoms with Gasteiger partial charge in [-0.1, -0.05) is 61.7 Å². The molecule has 1 aromatic carbocycles. The first-order valence-corrected chi connectivity index (χ1v) is 19.8. The zero-order valence-corrected chi connectivity index (χ0v) is 32.9. The number of pyridine rings is 2. The highest BCUT2D eigenvalue weighted by atomic mass is 35.5. The number of ether oxygens (including phenoxy) is 2. The van der Waals surface area contributed by atoms with E-state index in [1.165, 1.54) is 36.4 Å². The topological polar surface area (TPSA) is 160 Å². The highest BCUT2D eigenvalue weighted by molar-refractivity contribution is 7.91. The third-order valence-corrected chi connectivity index (χ3v) is 12.4. The zero-order chi connectivity index (χ0) is 38.6. The van der Waals surface area contributed by atoms with Gasteiger partial charge in [0.2, 0.25) is 15.9 Å². The van der Waals surface area contributed by atoms with E-state index in [4.69, 9.17) is 44.3 Å². The molecule has 284 valence electrons. The Morgan fingerprint density at radius 2 is 1.83 bits per heavy atom. The van der Waals surface area contributed by atoms with Crippen molar-refractivity contribution in [3.63, 3.8) is 0 Å². The largest absolute Gasteiger partial charge is 0.494 e. The number of urea groups is 1. The Morgan fingerprint density at radius 1 is 1.11 bits per heavy atom. The monoisotopic (exact) mass is 806 g/mol. The number of amides is 4. The van der Waals surface area contributed by atoms with Gasteiger partial charge in [0.25, 0.3) is 11.8 Å². The van der Waals surface area contributed by atoms with Crippen molar-refractivity contribution in [1.29, 1.82) is 0 Å². The summed E-state index contributed by atoms with van der Waals surface area (Å²) in [6.45, 7) is 11.0. The molecule has 3 heterocycles. The highest BCUT2D eigenvalue weighted by Crippen LogP contribution is 2.52. The first-order chi connectivity index (χ1) is 24.9. The van der Waals surface area contributed by atoms with E-state index in [2.05, 4.69) is 26.6 Å². The number of sulfonamides is 1. The Morgan fingerprint density at radius 3 is 2.43 bits per heavy atom. The number of hydrogen-bond donors (Lipinski definition) is 2. The smallest absolute Gasteiger partial charge is 0.328 e. The third kappa shape index (κ3) is 7.73. The number of likely N-dealkylation sites (tertiary alicyclic amines) is 1. The maximum absolute atomic E-state index is 15.0. The fraction of sp³-hybridized carbons (Fsp3) is 0.472. The van der Waals surface area contributed by atoms with Crippen molar-refractivity contribution >= 4 is 79.3 Å². The SMILES string of the molecule is C=C[C@@H]1C[C@@]1(C(=O)NS(=O)(=O)C1CC1)N(C(=O)[C@H](Nc1cc(Cl)cc(Cl)n1)C(C)(C)C)C(=O)N1C[C@H](Oc2ncc(OC)c3ccc(Cl)cc23)CC1C. The summed E-state index contributed by atoms with van der Waals surface area (Å²) >= 11 is 18.8. The number of benzene rings is 1. The fourth-order valence-corrected chi connectivity index (χ4v) is 8.82. The molecule has 3 fully saturated rings.